The first-order chi connectivity index (χ1) is 12.7. The molecule has 0 radical (unpaired) electrons. The summed E-state index contributed by atoms with van der Waals surface area (Å²) >= 11 is 0. The van der Waals surface area contributed by atoms with Crippen molar-refractivity contribution in [3.8, 4) is 0 Å². The van der Waals surface area contributed by atoms with E-state index in [2.05, 4.69) is 12.2 Å². The number of carboxylic acid groups (broad SMARTS) is 1. The summed E-state index contributed by atoms with van der Waals surface area (Å²) in [5.74, 6) is -0.469. The molecular weight excluding hydrogens is 326 g/mol. The maximum absolute atomic E-state index is 11.7. The van der Waals surface area contributed by atoms with Gasteiger partial charge in [0.25, 0.3) is 0 Å². The summed E-state index contributed by atoms with van der Waals surface area (Å²) in [5, 5.41) is 11.6. The molecule has 26 heavy (non-hydrogen) atoms. The molecule has 0 fully saturated rings. The van der Waals surface area contributed by atoms with Crippen LogP contribution in [0.15, 0.2) is 0 Å². The molecule has 0 rings (SSSR count). The number of unbranched alkanes of at least 4 members (excludes halogenated alkanes) is 14. The van der Waals surface area contributed by atoms with Crippen LogP contribution in [0.5, 0.6) is 0 Å². The highest BCUT2D eigenvalue weighted by Gasteiger charge is 2.01. The van der Waals surface area contributed by atoms with Gasteiger partial charge in [-0.05, 0) is 19.3 Å². The minimum absolute atomic E-state index is 0.217. The molecule has 4 heteroatoms. The van der Waals surface area contributed by atoms with Gasteiger partial charge >= 0.3 is 5.97 Å². The van der Waals surface area contributed by atoms with Gasteiger partial charge in [-0.2, -0.15) is 0 Å². The Morgan fingerprint density at radius 2 is 1.04 bits per heavy atom. The number of nitrogens with one attached hydrogen (secondary N) is 1. The van der Waals surface area contributed by atoms with Crippen LogP contribution in [0.2, 0.25) is 0 Å². The molecule has 0 aliphatic heterocycles. The first-order valence-corrected chi connectivity index (χ1v) is 11.1. The van der Waals surface area contributed by atoms with E-state index in [0.717, 1.165) is 38.6 Å². The molecule has 0 saturated heterocycles. The van der Waals surface area contributed by atoms with Crippen molar-refractivity contribution >= 4 is 11.9 Å². The first kappa shape index (κ1) is 24.9. The zero-order chi connectivity index (χ0) is 19.3. The number of hydrogen-bond acceptors (Lipinski definition) is 2. The molecule has 154 valence electrons. The summed E-state index contributed by atoms with van der Waals surface area (Å²) in [4.78, 5) is 22.1. The summed E-state index contributed by atoms with van der Waals surface area (Å²) in [6, 6.07) is 0. The molecule has 2 N–H and O–H groups in total. The van der Waals surface area contributed by atoms with E-state index in [1.54, 1.807) is 0 Å². The molecule has 0 aromatic carbocycles. The molecular formula is C22H43NO3. The molecule has 0 aliphatic carbocycles. The zero-order valence-electron chi connectivity index (χ0n) is 17.2. The summed E-state index contributed by atoms with van der Waals surface area (Å²) in [7, 11) is 0. The highest BCUT2D eigenvalue weighted by molar-refractivity contribution is 5.75. The van der Waals surface area contributed by atoms with E-state index >= 15 is 0 Å². The van der Waals surface area contributed by atoms with Crippen molar-refractivity contribution in [1.29, 1.82) is 0 Å². The second-order valence-corrected chi connectivity index (χ2v) is 7.55. The third kappa shape index (κ3) is 21.0. The van der Waals surface area contributed by atoms with Crippen molar-refractivity contribution < 1.29 is 14.7 Å². The van der Waals surface area contributed by atoms with Crippen molar-refractivity contribution in [1.82, 2.24) is 5.32 Å². The Morgan fingerprint density at radius 1 is 0.615 bits per heavy atom. The molecule has 0 aliphatic rings. The smallest absolute Gasteiger partial charge is 0.303 e. The van der Waals surface area contributed by atoms with Crippen LogP contribution in [-0.2, 0) is 9.59 Å². The Bertz CT molecular complexity index is 331. The van der Waals surface area contributed by atoms with Gasteiger partial charge in [-0.1, -0.05) is 90.4 Å². The third-order valence-electron chi connectivity index (χ3n) is 4.90. The van der Waals surface area contributed by atoms with Crippen molar-refractivity contribution in [2.24, 2.45) is 0 Å². The lowest BCUT2D eigenvalue weighted by atomic mass is 10.1. The van der Waals surface area contributed by atoms with E-state index in [9.17, 15) is 9.59 Å². The maximum atomic E-state index is 11.7. The van der Waals surface area contributed by atoms with Gasteiger partial charge in [-0.15, -0.1) is 0 Å². The molecule has 0 heterocycles. The van der Waals surface area contributed by atoms with Gasteiger partial charge in [0.1, 0.15) is 0 Å². The molecule has 0 bridgehead atoms. The van der Waals surface area contributed by atoms with Crippen molar-refractivity contribution in [2.75, 3.05) is 6.54 Å². The SMILES string of the molecule is CCCCCCCCCCC(=O)NCCCCCCCCCCC(=O)O. The fraction of sp³-hybridized carbons (Fsp3) is 0.909. The Morgan fingerprint density at radius 3 is 1.54 bits per heavy atom. The number of carbonyl (C=O) groups excluding carboxylic acids is 1. The van der Waals surface area contributed by atoms with Crippen molar-refractivity contribution in [2.45, 2.75) is 122 Å². The average Bonchev–Trinajstić information content (AvgIpc) is 2.61. The van der Waals surface area contributed by atoms with Crippen LogP contribution in [0.25, 0.3) is 0 Å². The number of aliphatic carboxylic acids is 1. The van der Waals surface area contributed by atoms with Gasteiger partial charge in [-0.3, -0.25) is 9.59 Å². The van der Waals surface area contributed by atoms with Crippen LogP contribution in [0.1, 0.15) is 122 Å². The number of amides is 1. The predicted molar refractivity (Wildman–Crippen MR) is 109 cm³/mol. The van der Waals surface area contributed by atoms with Crippen LogP contribution >= 0.6 is 0 Å². The lowest BCUT2D eigenvalue weighted by molar-refractivity contribution is -0.137. The van der Waals surface area contributed by atoms with Gasteiger partial charge in [0.2, 0.25) is 5.91 Å². The second kappa shape index (κ2) is 20.3. The van der Waals surface area contributed by atoms with E-state index in [4.69, 9.17) is 5.11 Å². The van der Waals surface area contributed by atoms with Crippen molar-refractivity contribution in [3.05, 3.63) is 0 Å². The van der Waals surface area contributed by atoms with Gasteiger partial charge < -0.3 is 10.4 Å². The van der Waals surface area contributed by atoms with Gasteiger partial charge in [0.05, 0.1) is 0 Å². The van der Waals surface area contributed by atoms with E-state index in [0.29, 0.717) is 12.8 Å². The van der Waals surface area contributed by atoms with E-state index in [-0.39, 0.29) is 5.91 Å². The fourth-order valence-corrected chi connectivity index (χ4v) is 3.20. The van der Waals surface area contributed by atoms with E-state index in [1.165, 1.54) is 70.6 Å². The second-order valence-electron chi connectivity index (χ2n) is 7.55. The van der Waals surface area contributed by atoms with E-state index in [1.807, 2.05) is 0 Å². The molecule has 1 amide bonds. The van der Waals surface area contributed by atoms with Crippen LogP contribution in [0, 0.1) is 0 Å². The molecule has 0 atom stereocenters. The molecule has 0 aromatic rings. The zero-order valence-corrected chi connectivity index (χ0v) is 17.2. The predicted octanol–water partition coefficient (Wildman–Crippen LogP) is 6.23. The number of carboxylic acids is 1. The number of carbonyl (C=O) groups is 2. The van der Waals surface area contributed by atoms with Gasteiger partial charge in [0, 0.05) is 19.4 Å². The number of hydrogen-bond donors (Lipinski definition) is 2. The maximum Gasteiger partial charge on any atom is 0.303 e. The Balaban J connectivity index is 3.16. The number of rotatable bonds is 20. The quantitative estimate of drug-likeness (QED) is 0.250. The topological polar surface area (TPSA) is 66.4 Å². The summed E-state index contributed by atoms with van der Waals surface area (Å²) in [6.45, 7) is 3.06. The third-order valence-corrected chi connectivity index (χ3v) is 4.90. The minimum Gasteiger partial charge on any atom is -0.481 e. The highest BCUT2D eigenvalue weighted by Crippen LogP contribution is 2.10. The molecule has 0 saturated carbocycles. The molecule has 0 spiro atoms. The van der Waals surface area contributed by atoms with Crippen LogP contribution in [-0.4, -0.2) is 23.5 Å². The summed E-state index contributed by atoms with van der Waals surface area (Å²) in [5.41, 5.74) is 0. The monoisotopic (exact) mass is 369 g/mol. The van der Waals surface area contributed by atoms with Crippen LogP contribution in [0.3, 0.4) is 0 Å². The molecule has 0 unspecified atom stereocenters. The highest BCUT2D eigenvalue weighted by atomic mass is 16.4. The summed E-state index contributed by atoms with van der Waals surface area (Å²) in [6.07, 6.45) is 20.0. The van der Waals surface area contributed by atoms with E-state index < -0.39 is 5.97 Å². The normalized spacial score (nSPS) is 10.8. The van der Waals surface area contributed by atoms with Crippen LogP contribution in [0.4, 0.5) is 0 Å². The minimum atomic E-state index is -0.686. The lowest BCUT2D eigenvalue weighted by Gasteiger charge is -2.06. The average molecular weight is 370 g/mol. The molecule has 4 nitrogen and oxygen atoms in total. The Hall–Kier alpha value is -1.06. The Kier molecular flexibility index (Phi) is 19.4. The Labute approximate surface area is 161 Å². The van der Waals surface area contributed by atoms with Crippen LogP contribution < -0.4 is 5.32 Å². The fourth-order valence-electron chi connectivity index (χ4n) is 3.20. The largest absolute Gasteiger partial charge is 0.481 e. The summed E-state index contributed by atoms with van der Waals surface area (Å²) < 4.78 is 0. The van der Waals surface area contributed by atoms with Gasteiger partial charge in [-0.25, -0.2) is 0 Å². The van der Waals surface area contributed by atoms with Gasteiger partial charge in [0.15, 0.2) is 0 Å². The van der Waals surface area contributed by atoms with Crippen molar-refractivity contribution in [3.63, 3.8) is 0 Å². The standard InChI is InChI=1S/C22H43NO3/c1-2-3-4-5-6-9-12-15-18-21(24)23-20-17-14-11-8-7-10-13-16-19-22(25)26/h2-20H2,1H3,(H,23,24)(H,25,26). The first-order valence-electron chi connectivity index (χ1n) is 11.1. The molecule has 0 aromatic heterocycles. The lowest BCUT2D eigenvalue weighted by Crippen LogP contribution is -2.23.